The average Bonchev–Trinajstić information content (AvgIpc) is 2.60. The number of piperidine rings is 1. The summed E-state index contributed by atoms with van der Waals surface area (Å²) in [6.45, 7) is 8.49. The van der Waals surface area contributed by atoms with Gasteiger partial charge in [0.2, 0.25) is 0 Å². The predicted molar refractivity (Wildman–Crippen MR) is 102 cm³/mol. The van der Waals surface area contributed by atoms with Crippen LogP contribution in [0.1, 0.15) is 48.1 Å². The van der Waals surface area contributed by atoms with E-state index in [0.29, 0.717) is 5.92 Å². The molecule has 1 fully saturated rings. The lowest BCUT2D eigenvalue weighted by Crippen LogP contribution is -2.36. The average molecular weight is 323 g/mol. The smallest absolute Gasteiger partial charge is 0.0819 e. The van der Waals surface area contributed by atoms with Crippen molar-refractivity contribution in [3.63, 3.8) is 0 Å². The van der Waals surface area contributed by atoms with E-state index in [1.807, 2.05) is 0 Å². The second-order valence-electron chi connectivity index (χ2n) is 7.17. The fourth-order valence-electron chi connectivity index (χ4n) is 4.03. The first-order chi connectivity index (χ1) is 11.6. The third-order valence-corrected chi connectivity index (χ3v) is 5.28. The highest BCUT2D eigenvalue weighted by Crippen LogP contribution is 2.34. The summed E-state index contributed by atoms with van der Waals surface area (Å²) < 4.78 is 0. The summed E-state index contributed by atoms with van der Waals surface area (Å²) in [6.07, 6.45) is 2.83. The van der Waals surface area contributed by atoms with Crippen LogP contribution in [0.2, 0.25) is 0 Å². The van der Waals surface area contributed by atoms with Gasteiger partial charge in [-0.1, -0.05) is 54.4 Å². The molecule has 2 heteroatoms. The van der Waals surface area contributed by atoms with Gasteiger partial charge in [-0.05, 0) is 56.2 Å². The summed E-state index contributed by atoms with van der Waals surface area (Å²) in [4.78, 5) is 2.49. The second-order valence-corrected chi connectivity index (χ2v) is 7.17. The number of aryl methyl sites for hydroxylation is 3. The van der Waals surface area contributed by atoms with Crippen LogP contribution in [0.4, 0.5) is 5.69 Å². The summed E-state index contributed by atoms with van der Waals surface area (Å²) >= 11 is 0. The van der Waals surface area contributed by atoms with Gasteiger partial charge in [0.05, 0.1) is 6.10 Å². The minimum Gasteiger partial charge on any atom is -0.388 e. The molecule has 0 radical (unpaired) electrons. The van der Waals surface area contributed by atoms with Crippen molar-refractivity contribution in [3.8, 4) is 0 Å². The molecule has 0 aliphatic carbocycles. The highest BCUT2D eigenvalue weighted by molar-refractivity contribution is 5.54. The SMILES string of the molecule is CCc1ccccc1N1CCC(C(O)c2cc(C)cc(C)c2)CC1. The Balaban J connectivity index is 1.68. The van der Waals surface area contributed by atoms with Crippen LogP contribution in [0.25, 0.3) is 0 Å². The maximum absolute atomic E-state index is 10.8. The van der Waals surface area contributed by atoms with Crippen molar-refractivity contribution in [2.75, 3.05) is 18.0 Å². The molecule has 0 spiro atoms. The molecule has 1 unspecified atom stereocenters. The van der Waals surface area contributed by atoms with Gasteiger partial charge in [-0.2, -0.15) is 0 Å². The Morgan fingerprint density at radius 3 is 2.29 bits per heavy atom. The monoisotopic (exact) mass is 323 g/mol. The number of benzene rings is 2. The van der Waals surface area contributed by atoms with Crippen molar-refractivity contribution in [1.29, 1.82) is 0 Å². The minimum atomic E-state index is -0.341. The van der Waals surface area contributed by atoms with Gasteiger partial charge in [0.25, 0.3) is 0 Å². The number of nitrogens with zero attached hydrogens (tertiary/aromatic N) is 1. The van der Waals surface area contributed by atoms with Crippen LogP contribution in [0.15, 0.2) is 42.5 Å². The van der Waals surface area contributed by atoms with Crippen molar-refractivity contribution in [2.45, 2.75) is 46.1 Å². The maximum atomic E-state index is 10.8. The van der Waals surface area contributed by atoms with Gasteiger partial charge in [0.15, 0.2) is 0 Å². The molecule has 1 aliphatic heterocycles. The zero-order valence-electron chi connectivity index (χ0n) is 15.1. The first-order valence-electron chi connectivity index (χ1n) is 9.17. The number of para-hydroxylation sites is 1. The Morgan fingerprint density at radius 1 is 1.04 bits per heavy atom. The Kier molecular flexibility index (Phi) is 5.25. The molecule has 1 saturated heterocycles. The van der Waals surface area contributed by atoms with Gasteiger partial charge < -0.3 is 10.0 Å². The number of hydrogen-bond acceptors (Lipinski definition) is 2. The lowest BCUT2D eigenvalue weighted by atomic mass is 9.86. The molecule has 0 saturated carbocycles. The molecule has 0 amide bonds. The third-order valence-electron chi connectivity index (χ3n) is 5.28. The van der Waals surface area contributed by atoms with E-state index in [2.05, 4.69) is 68.1 Å². The fraction of sp³-hybridized carbons (Fsp3) is 0.455. The highest BCUT2D eigenvalue weighted by Gasteiger charge is 2.27. The topological polar surface area (TPSA) is 23.5 Å². The lowest BCUT2D eigenvalue weighted by molar-refractivity contribution is 0.0928. The van der Waals surface area contributed by atoms with E-state index in [-0.39, 0.29) is 6.10 Å². The van der Waals surface area contributed by atoms with Crippen LogP contribution in [0, 0.1) is 19.8 Å². The fourth-order valence-corrected chi connectivity index (χ4v) is 4.03. The minimum absolute atomic E-state index is 0.341. The van der Waals surface area contributed by atoms with Crippen molar-refractivity contribution in [1.82, 2.24) is 0 Å². The Labute approximate surface area is 146 Å². The van der Waals surface area contributed by atoms with E-state index < -0.39 is 0 Å². The Morgan fingerprint density at radius 2 is 1.67 bits per heavy atom. The summed E-state index contributed by atoms with van der Waals surface area (Å²) in [5, 5.41) is 10.8. The lowest BCUT2D eigenvalue weighted by Gasteiger charge is -2.36. The third kappa shape index (κ3) is 3.64. The molecular weight excluding hydrogens is 294 g/mol. The summed E-state index contributed by atoms with van der Waals surface area (Å²) in [6, 6.07) is 15.2. The number of hydrogen-bond donors (Lipinski definition) is 1. The molecule has 128 valence electrons. The van der Waals surface area contributed by atoms with Gasteiger partial charge in [-0.25, -0.2) is 0 Å². The molecular formula is C22H29NO. The molecule has 1 atom stereocenters. The second kappa shape index (κ2) is 7.40. The van der Waals surface area contributed by atoms with Crippen LogP contribution >= 0.6 is 0 Å². The van der Waals surface area contributed by atoms with E-state index in [0.717, 1.165) is 37.9 Å². The summed E-state index contributed by atoms with van der Waals surface area (Å²) in [7, 11) is 0. The molecule has 1 heterocycles. The molecule has 2 aromatic carbocycles. The molecule has 1 aliphatic rings. The molecule has 24 heavy (non-hydrogen) atoms. The van der Waals surface area contributed by atoms with Gasteiger partial charge >= 0.3 is 0 Å². The largest absolute Gasteiger partial charge is 0.388 e. The van der Waals surface area contributed by atoms with Gasteiger partial charge in [0, 0.05) is 18.8 Å². The van der Waals surface area contributed by atoms with E-state index in [4.69, 9.17) is 0 Å². The van der Waals surface area contributed by atoms with Crippen molar-refractivity contribution >= 4 is 5.69 Å². The zero-order valence-corrected chi connectivity index (χ0v) is 15.1. The van der Waals surface area contributed by atoms with Crippen LogP contribution in [0.5, 0.6) is 0 Å². The standard InChI is InChI=1S/C22H29NO/c1-4-18-7-5-6-8-21(18)23-11-9-19(10-12-23)22(24)20-14-16(2)13-17(3)15-20/h5-8,13-15,19,22,24H,4,9-12H2,1-3H3. The van der Waals surface area contributed by atoms with E-state index in [1.54, 1.807) is 0 Å². The highest BCUT2D eigenvalue weighted by atomic mass is 16.3. The normalized spacial score (nSPS) is 17.1. The molecule has 0 aromatic heterocycles. The van der Waals surface area contributed by atoms with Crippen molar-refractivity contribution in [2.24, 2.45) is 5.92 Å². The van der Waals surface area contributed by atoms with Crippen molar-refractivity contribution < 1.29 is 5.11 Å². The maximum Gasteiger partial charge on any atom is 0.0819 e. The number of aliphatic hydroxyl groups excluding tert-OH is 1. The molecule has 1 N–H and O–H groups in total. The molecule has 2 aromatic rings. The van der Waals surface area contributed by atoms with E-state index >= 15 is 0 Å². The first-order valence-corrected chi connectivity index (χ1v) is 9.17. The number of aliphatic hydroxyl groups is 1. The number of rotatable bonds is 4. The molecule has 2 nitrogen and oxygen atoms in total. The predicted octanol–water partition coefficient (Wildman–Crippen LogP) is 4.82. The summed E-state index contributed by atoms with van der Waals surface area (Å²) in [5.41, 5.74) is 6.35. The van der Waals surface area contributed by atoms with Gasteiger partial charge in [-0.15, -0.1) is 0 Å². The quantitative estimate of drug-likeness (QED) is 0.872. The van der Waals surface area contributed by atoms with Crippen molar-refractivity contribution in [3.05, 3.63) is 64.7 Å². The van der Waals surface area contributed by atoms with Gasteiger partial charge in [0.1, 0.15) is 0 Å². The van der Waals surface area contributed by atoms with Crippen LogP contribution in [-0.4, -0.2) is 18.2 Å². The zero-order chi connectivity index (χ0) is 17.1. The Hall–Kier alpha value is -1.80. The van der Waals surface area contributed by atoms with E-state index in [9.17, 15) is 5.11 Å². The van der Waals surface area contributed by atoms with E-state index in [1.165, 1.54) is 22.4 Å². The van der Waals surface area contributed by atoms with Crippen LogP contribution in [0.3, 0.4) is 0 Å². The van der Waals surface area contributed by atoms with Crippen LogP contribution < -0.4 is 4.90 Å². The molecule has 0 bridgehead atoms. The Bertz CT molecular complexity index is 666. The number of anilines is 1. The molecule has 3 rings (SSSR count). The summed E-state index contributed by atoms with van der Waals surface area (Å²) in [5.74, 6) is 0.358. The first kappa shape index (κ1) is 17.0. The van der Waals surface area contributed by atoms with Gasteiger partial charge in [-0.3, -0.25) is 0 Å². The van der Waals surface area contributed by atoms with Crippen LogP contribution in [-0.2, 0) is 6.42 Å².